The Labute approximate surface area is 85.0 Å². The van der Waals surface area contributed by atoms with Gasteiger partial charge in [0, 0.05) is 0 Å². The van der Waals surface area contributed by atoms with Crippen LogP contribution in [0.3, 0.4) is 0 Å². The minimum Gasteiger partial charge on any atom is -0.473 e. The lowest BCUT2D eigenvalue weighted by Gasteiger charge is -2.02. The second kappa shape index (κ2) is 4.71. The van der Waals surface area contributed by atoms with Gasteiger partial charge in [-0.1, -0.05) is 6.92 Å². The summed E-state index contributed by atoms with van der Waals surface area (Å²) in [6.45, 7) is 2.24. The van der Waals surface area contributed by atoms with Crippen LogP contribution < -0.4 is 4.74 Å². The average Bonchev–Trinajstić information content (AvgIpc) is 2.14. The van der Waals surface area contributed by atoms with Crippen molar-refractivity contribution < 1.29 is 9.66 Å². The predicted octanol–water partition coefficient (Wildman–Crippen LogP) is 1.83. The molecule has 0 radical (unpaired) electrons. The third kappa shape index (κ3) is 2.53. The molecule has 0 aliphatic rings. The Bertz CT molecular complexity index is 345. The molecule has 1 aromatic heterocycles. The van der Waals surface area contributed by atoms with Crippen molar-refractivity contribution in [3.63, 3.8) is 0 Å². The number of nitrogens with zero attached hydrogens (tertiary/aromatic N) is 3. The van der Waals surface area contributed by atoms with Crippen molar-refractivity contribution in [1.82, 2.24) is 9.97 Å². The van der Waals surface area contributed by atoms with E-state index in [1.54, 1.807) is 0 Å². The molecule has 0 fully saturated rings. The first kappa shape index (κ1) is 10.6. The third-order valence-corrected chi connectivity index (χ3v) is 1.53. The second-order valence-electron chi connectivity index (χ2n) is 2.43. The normalized spacial score (nSPS) is 9.86. The zero-order valence-corrected chi connectivity index (χ0v) is 8.19. The van der Waals surface area contributed by atoms with Crippen LogP contribution >= 0.6 is 11.6 Å². The molecule has 6 nitrogen and oxygen atoms in total. The molecule has 14 heavy (non-hydrogen) atoms. The first-order valence-electron chi connectivity index (χ1n) is 3.95. The van der Waals surface area contributed by atoms with Gasteiger partial charge in [-0.2, -0.15) is 4.98 Å². The number of aromatic nitrogens is 2. The van der Waals surface area contributed by atoms with Gasteiger partial charge in [0.1, 0.15) is 6.20 Å². The molecule has 0 aliphatic carbocycles. The maximum absolute atomic E-state index is 10.5. The lowest BCUT2D eigenvalue weighted by molar-refractivity contribution is -0.386. The summed E-state index contributed by atoms with van der Waals surface area (Å²) in [4.78, 5) is 17.0. The fraction of sp³-hybridized carbons (Fsp3) is 0.429. The van der Waals surface area contributed by atoms with E-state index < -0.39 is 4.92 Å². The Morgan fingerprint density at radius 3 is 3.00 bits per heavy atom. The maximum Gasteiger partial charge on any atom is 0.349 e. The SMILES string of the molecule is CCCOc1nc(Cl)ncc1[N+](=O)[O-]. The minimum atomic E-state index is -0.610. The first-order chi connectivity index (χ1) is 6.65. The highest BCUT2D eigenvalue weighted by Gasteiger charge is 2.17. The predicted molar refractivity (Wildman–Crippen MR) is 49.5 cm³/mol. The molecule has 7 heteroatoms. The highest BCUT2D eigenvalue weighted by atomic mass is 35.5. The van der Waals surface area contributed by atoms with Crippen LogP contribution in [0.2, 0.25) is 5.28 Å². The number of rotatable bonds is 4. The summed E-state index contributed by atoms with van der Waals surface area (Å²) in [5, 5.41) is 10.4. The van der Waals surface area contributed by atoms with Gasteiger partial charge in [0.15, 0.2) is 0 Å². The number of hydrogen-bond acceptors (Lipinski definition) is 5. The van der Waals surface area contributed by atoms with E-state index in [-0.39, 0.29) is 16.9 Å². The van der Waals surface area contributed by atoms with Crippen molar-refractivity contribution in [1.29, 1.82) is 0 Å². The van der Waals surface area contributed by atoms with E-state index in [9.17, 15) is 10.1 Å². The summed E-state index contributed by atoms with van der Waals surface area (Å²) in [5.74, 6) is -0.0862. The summed E-state index contributed by atoms with van der Waals surface area (Å²) in [7, 11) is 0. The zero-order chi connectivity index (χ0) is 10.6. The van der Waals surface area contributed by atoms with E-state index in [0.717, 1.165) is 12.6 Å². The van der Waals surface area contributed by atoms with E-state index in [4.69, 9.17) is 16.3 Å². The number of hydrogen-bond donors (Lipinski definition) is 0. The summed E-state index contributed by atoms with van der Waals surface area (Å²) in [6.07, 6.45) is 1.76. The van der Waals surface area contributed by atoms with Crippen molar-refractivity contribution in [3.8, 4) is 5.88 Å². The molecule has 0 aromatic carbocycles. The van der Waals surface area contributed by atoms with Gasteiger partial charge in [0.25, 0.3) is 5.88 Å². The largest absolute Gasteiger partial charge is 0.473 e. The summed E-state index contributed by atoms with van der Waals surface area (Å²) in [5.41, 5.74) is -0.275. The number of ether oxygens (including phenoxy) is 1. The molecule has 1 aromatic rings. The van der Waals surface area contributed by atoms with Gasteiger partial charge in [-0.15, -0.1) is 0 Å². The lowest BCUT2D eigenvalue weighted by Crippen LogP contribution is -2.02. The summed E-state index contributed by atoms with van der Waals surface area (Å²) >= 11 is 5.48. The van der Waals surface area contributed by atoms with Gasteiger partial charge < -0.3 is 4.74 Å². The van der Waals surface area contributed by atoms with Crippen molar-refractivity contribution in [2.45, 2.75) is 13.3 Å². The Morgan fingerprint density at radius 1 is 1.71 bits per heavy atom. The fourth-order valence-electron chi connectivity index (χ4n) is 0.770. The zero-order valence-electron chi connectivity index (χ0n) is 7.44. The molecule has 0 amide bonds. The molecular formula is C7H8ClN3O3. The van der Waals surface area contributed by atoms with Gasteiger partial charge in [-0.25, -0.2) is 4.98 Å². The van der Waals surface area contributed by atoms with Gasteiger partial charge in [0.2, 0.25) is 5.28 Å². The van der Waals surface area contributed by atoms with Crippen LogP contribution in [0.4, 0.5) is 5.69 Å². The highest BCUT2D eigenvalue weighted by Crippen LogP contribution is 2.24. The Kier molecular flexibility index (Phi) is 3.58. The molecule has 1 heterocycles. The van der Waals surface area contributed by atoms with Crippen LogP contribution in [-0.2, 0) is 0 Å². The van der Waals surface area contributed by atoms with Crippen LogP contribution in [0.25, 0.3) is 0 Å². The van der Waals surface area contributed by atoms with Crippen LogP contribution in [0.5, 0.6) is 5.88 Å². The monoisotopic (exact) mass is 217 g/mol. The molecule has 0 saturated heterocycles. The van der Waals surface area contributed by atoms with Crippen LogP contribution in [0.1, 0.15) is 13.3 Å². The molecule has 1 rings (SSSR count). The van der Waals surface area contributed by atoms with Crippen LogP contribution in [0.15, 0.2) is 6.20 Å². The van der Waals surface area contributed by atoms with E-state index in [0.29, 0.717) is 6.61 Å². The van der Waals surface area contributed by atoms with Crippen LogP contribution in [0, 0.1) is 10.1 Å². The molecule has 76 valence electrons. The number of halogens is 1. The smallest absolute Gasteiger partial charge is 0.349 e. The van der Waals surface area contributed by atoms with Crippen molar-refractivity contribution in [2.24, 2.45) is 0 Å². The molecule has 0 aliphatic heterocycles. The summed E-state index contributed by atoms with van der Waals surface area (Å²) < 4.78 is 5.05. The quantitative estimate of drug-likeness (QED) is 0.437. The molecule has 0 atom stereocenters. The maximum atomic E-state index is 10.5. The Balaban J connectivity index is 2.97. The van der Waals surface area contributed by atoms with Gasteiger partial charge in [-0.05, 0) is 18.0 Å². The topological polar surface area (TPSA) is 78.2 Å². The van der Waals surface area contributed by atoms with Gasteiger partial charge in [-0.3, -0.25) is 10.1 Å². The van der Waals surface area contributed by atoms with E-state index >= 15 is 0 Å². The molecule has 0 spiro atoms. The standard InChI is InChI=1S/C7H8ClN3O3/c1-2-3-14-6-5(11(12)13)4-9-7(8)10-6/h4H,2-3H2,1H3. The average molecular weight is 218 g/mol. The minimum absolute atomic E-state index is 0.0679. The highest BCUT2D eigenvalue weighted by molar-refractivity contribution is 6.28. The third-order valence-electron chi connectivity index (χ3n) is 1.35. The van der Waals surface area contributed by atoms with Crippen LogP contribution in [-0.4, -0.2) is 21.5 Å². The summed E-state index contributed by atoms with van der Waals surface area (Å²) in [6, 6.07) is 0. The first-order valence-corrected chi connectivity index (χ1v) is 4.32. The van der Waals surface area contributed by atoms with Crippen molar-refractivity contribution in [3.05, 3.63) is 21.6 Å². The van der Waals surface area contributed by atoms with Gasteiger partial charge >= 0.3 is 5.69 Å². The van der Waals surface area contributed by atoms with Crippen molar-refractivity contribution >= 4 is 17.3 Å². The second-order valence-corrected chi connectivity index (χ2v) is 2.77. The molecule has 0 saturated carbocycles. The van der Waals surface area contributed by atoms with E-state index in [1.807, 2.05) is 6.92 Å². The van der Waals surface area contributed by atoms with E-state index in [1.165, 1.54) is 0 Å². The Morgan fingerprint density at radius 2 is 2.43 bits per heavy atom. The van der Waals surface area contributed by atoms with E-state index in [2.05, 4.69) is 9.97 Å². The fourth-order valence-corrected chi connectivity index (χ4v) is 0.895. The lowest BCUT2D eigenvalue weighted by atomic mass is 10.5. The molecule has 0 bridgehead atoms. The van der Waals surface area contributed by atoms with Gasteiger partial charge in [0.05, 0.1) is 11.5 Å². The van der Waals surface area contributed by atoms with Crippen molar-refractivity contribution in [2.75, 3.05) is 6.61 Å². The Hall–Kier alpha value is -1.43. The molecule has 0 N–H and O–H groups in total. The molecular weight excluding hydrogens is 210 g/mol. The number of nitro groups is 1. The molecule has 0 unspecified atom stereocenters.